The minimum absolute atomic E-state index is 0.441. The summed E-state index contributed by atoms with van der Waals surface area (Å²) in [7, 11) is 0. The third-order valence-electron chi connectivity index (χ3n) is 7.72. The summed E-state index contributed by atoms with van der Waals surface area (Å²) in [5.41, 5.74) is 15.2. The van der Waals surface area contributed by atoms with Crippen molar-refractivity contribution in [2.75, 3.05) is 0 Å². The van der Waals surface area contributed by atoms with Crippen molar-refractivity contribution < 1.29 is 4.39 Å². The highest BCUT2D eigenvalue weighted by molar-refractivity contribution is 5.91. The number of rotatable bonds is 4. The molecule has 0 bridgehead atoms. The van der Waals surface area contributed by atoms with E-state index in [4.69, 9.17) is 0 Å². The molecule has 1 heteroatoms. The lowest BCUT2D eigenvalue weighted by molar-refractivity contribution is 0.279. The molecule has 3 unspecified atom stereocenters. The average Bonchev–Trinajstić information content (AvgIpc) is 3.25. The van der Waals surface area contributed by atoms with Crippen molar-refractivity contribution in [3.63, 3.8) is 0 Å². The molecule has 3 atom stereocenters. The van der Waals surface area contributed by atoms with Crippen LogP contribution in [-0.2, 0) is 0 Å². The van der Waals surface area contributed by atoms with E-state index < -0.39 is 6.17 Å². The molecule has 2 fully saturated rings. The van der Waals surface area contributed by atoms with Gasteiger partial charge in [-0.25, -0.2) is 4.39 Å². The van der Waals surface area contributed by atoms with Gasteiger partial charge in [0.25, 0.3) is 0 Å². The molecule has 0 aromatic rings. The van der Waals surface area contributed by atoms with E-state index in [1.807, 2.05) is 0 Å². The largest absolute Gasteiger partial charge is 0.237 e. The SMILES string of the molecule is C=CC1C(C(C)C)=C=C(C2C3=C4C(=C32)C4F)C1C1CCC2=C(CC2)C1. The monoisotopic (exact) mass is 332 g/mol. The maximum absolute atomic E-state index is 13.6. The van der Waals surface area contributed by atoms with Gasteiger partial charge in [0.1, 0.15) is 0 Å². The minimum Gasteiger partial charge on any atom is -0.237 e. The van der Waals surface area contributed by atoms with Crippen molar-refractivity contribution in [2.45, 2.75) is 52.1 Å². The fourth-order valence-corrected chi connectivity index (χ4v) is 6.28. The Morgan fingerprint density at radius 3 is 2.36 bits per heavy atom. The summed E-state index contributed by atoms with van der Waals surface area (Å²) < 4.78 is 13.6. The molecule has 0 aliphatic heterocycles. The number of halogens is 1. The zero-order valence-corrected chi connectivity index (χ0v) is 15.2. The number of alkyl halides is 1. The van der Waals surface area contributed by atoms with E-state index in [-0.39, 0.29) is 0 Å². The fraction of sp³-hybridized carbons (Fsp3) is 0.542. The van der Waals surface area contributed by atoms with Gasteiger partial charge >= 0.3 is 0 Å². The van der Waals surface area contributed by atoms with Crippen LogP contribution in [0.1, 0.15) is 46.0 Å². The van der Waals surface area contributed by atoms with Crippen LogP contribution in [0, 0.1) is 29.6 Å². The molecule has 6 aliphatic carbocycles. The van der Waals surface area contributed by atoms with Gasteiger partial charge in [-0.2, -0.15) is 0 Å². The predicted octanol–water partition coefficient (Wildman–Crippen LogP) is 6.00. The normalized spacial score (nSPS) is 35.8. The average molecular weight is 332 g/mol. The van der Waals surface area contributed by atoms with Crippen molar-refractivity contribution in [3.05, 3.63) is 63.0 Å². The second kappa shape index (κ2) is 4.57. The Balaban J connectivity index is 1.38. The van der Waals surface area contributed by atoms with Crippen molar-refractivity contribution >= 4 is 0 Å². The standard InChI is InChI=1S/C24H25F/c1-4-15-16(11(2)3)10-17(19-20-21(19)23-22(20)24(23)25)18(15)14-8-6-12-5-7-13(12)9-14/h4,11,14-15,18-19,24H,1,5-9H2,2-3H3. The molecule has 0 aromatic heterocycles. The molecule has 128 valence electrons. The summed E-state index contributed by atoms with van der Waals surface area (Å²) in [5.74, 6) is 2.68. The van der Waals surface area contributed by atoms with Crippen molar-refractivity contribution in [2.24, 2.45) is 29.6 Å². The fourth-order valence-electron chi connectivity index (χ4n) is 6.28. The number of fused-ring (bicyclic) bond motifs is 2. The van der Waals surface area contributed by atoms with E-state index in [2.05, 4.69) is 32.2 Å². The van der Waals surface area contributed by atoms with Crippen LogP contribution in [0.3, 0.4) is 0 Å². The van der Waals surface area contributed by atoms with E-state index in [1.165, 1.54) is 54.4 Å². The molecule has 6 aliphatic rings. The van der Waals surface area contributed by atoms with E-state index in [9.17, 15) is 4.39 Å². The van der Waals surface area contributed by atoms with Gasteiger partial charge in [-0.05, 0) is 66.2 Å². The highest BCUT2D eigenvalue weighted by Gasteiger charge is 2.66. The van der Waals surface area contributed by atoms with E-state index in [0.29, 0.717) is 23.7 Å². The second-order valence-electron chi connectivity index (χ2n) is 9.14. The van der Waals surface area contributed by atoms with Crippen molar-refractivity contribution in [1.29, 1.82) is 0 Å². The van der Waals surface area contributed by atoms with Gasteiger partial charge in [-0.1, -0.05) is 31.1 Å². The van der Waals surface area contributed by atoms with Crippen LogP contribution in [0.15, 0.2) is 63.0 Å². The lowest BCUT2D eigenvalue weighted by Crippen LogP contribution is -2.28. The lowest BCUT2D eigenvalue weighted by Gasteiger charge is -2.39. The van der Waals surface area contributed by atoms with Crippen LogP contribution in [0.5, 0.6) is 0 Å². The van der Waals surface area contributed by atoms with Crippen molar-refractivity contribution in [1.82, 2.24) is 0 Å². The maximum Gasteiger partial charge on any atom is 0.152 e. The third-order valence-corrected chi connectivity index (χ3v) is 7.72. The zero-order valence-electron chi connectivity index (χ0n) is 15.2. The first-order valence-electron chi connectivity index (χ1n) is 10.1. The predicted molar refractivity (Wildman–Crippen MR) is 98.6 cm³/mol. The Labute approximate surface area is 149 Å². The molecule has 0 radical (unpaired) electrons. The Hall–Kier alpha value is -1.59. The quantitative estimate of drug-likeness (QED) is 0.437. The van der Waals surface area contributed by atoms with Crippen LogP contribution in [-0.4, -0.2) is 6.17 Å². The van der Waals surface area contributed by atoms with Crippen molar-refractivity contribution in [3.8, 4) is 0 Å². The Morgan fingerprint density at radius 2 is 1.80 bits per heavy atom. The molecule has 0 heterocycles. The van der Waals surface area contributed by atoms with E-state index >= 15 is 0 Å². The molecule has 0 aromatic carbocycles. The van der Waals surface area contributed by atoms with E-state index in [0.717, 1.165) is 17.1 Å². The lowest BCUT2D eigenvalue weighted by atomic mass is 9.65. The van der Waals surface area contributed by atoms with Gasteiger partial charge in [-0.3, -0.25) is 0 Å². The number of hydrogen-bond acceptors (Lipinski definition) is 0. The summed E-state index contributed by atoms with van der Waals surface area (Å²) in [6.07, 6.45) is 8.09. The highest BCUT2D eigenvalue weighted by atomic mass is 19.1. The van der Waals surface area contributed by atoms with Gasteiger partial charge in [0.05, 0.1) is 0 Å². The van der Waals surface area contributed by atoms with E-state index in [1.54, 1.807) is 11.1 Å². The van der Waals surface area contributed by atoms with Gasteiger partial charge in [0.15, 0.2) is 6.17 Å². The first-order valence-corrected chi connectivity index (χ1v) is 10.1. The maximum atomic E-state index is 13.6. The molecule has 0 spiro atoms. The minimum atomic E-state index is -0.692. The summed E-state index contributed by atoms with van der Waals surface area (Å²) in [4.78, 5) is 0. The van der Waals surface area contributed by atoms with Crippen LogP contribution in [0.2, 0.25) is 0 Å². The first kappa shape index (κ1) is 14.6. The molecule has 0 N–H and O–H groups in total. The van der Waals surface area contributed by atoms with Gasteiger partial charge in [0, 0.05) is 28.9 Å². The smallest absolute Gasteiger partial charge is 0.152 e. The van der Waals surface area contributed by atoms with Crippen LogP contribution in [0.25, 0.3) is 0 Å². The molecule has 0 saturated heterocycles. The summed E-state index contributed by atoms with van der Waals surface area (Å²) in [5, 5.41) is 0. The number of hydrogen-bond donors (Lipinski definition) is 0. The Bertz CT molecular complexity index is 870. The molecule has 6 rings (SSSR count). The van der Waals surface area contributed by atoms with Crippen LogP contribution >= 0.6 is 0 Å². The second-order valence-corrected chi connectivity index (χ2v) is 9.14. The molecule has 0 nitrogen and oxygen atoms in total. The zero-order chi connectivity index (χ0) is 17.0. The number of allylic oxidation sites excluding steroid dienone is 8. The van der Waals surface area contributed by atoms with Crippen LogP contribution in [0.4, 0.5) is 4.39 Å². The third kappa shape index (κ3) is 1.69. The van der Waals surface area contributed by atoms with Gasteiger partial charge in [-0.15, -0.1) is 12.3 Å². The molecular weight excluding hydrogens is 307 g/mol. The van der Waals surface area contributed by atoms with Crippen LogP contribution < -0.4 is 0 Å². The van der Waals surface area contributed by atoms with Gasteiger partial charge in [0.2, 0.25) is 0 Å². The molecular formula is C24H25F. The highest BCUT2D eigenvalue weighted by Crippen LogP contribution is 2.74. The Morgan fingerprint density at radius 1 is 1.08 bits per heavy atom. The molecule has 0 amide bonds. The topological polar surface area (TPSA) is 0 Å². The Kier molecular flexibility index (Phi) is 2.66. The molecule has 25 heavy (non-hydrogen) atoms. The van der Waals surface area contributed by atoms with Gasteiger partial charge < -0.3 is 0 Å². The first-order chi connectivity index (χ1) is 12.1. The summed E-state index contributed by atoms with van der Waals surface area (Å²) >= 11 is 0. The molecule has 2 saturated carbocycles. The summed E-state index contributed by atoms with van der Waals surface area (Å²) in [6.45, 7) is 8.77. The summed E-state index contributed by atoms with van der Waals surface area (Å²) in [6, 6.07) is 0.